The van der Waals surface area contributed by atoms with Crippen LogP contribution in [-0.2, 0) is 9.53 Å². The van der Waals surface area contributed by atoms with E-state index in [0.29, 0.717) is 5.92 Å². The number of ether oxygens (including phenoxy) is 1. The van der Waals surface area contributed by atoms with Crippen molar-refractivity contribution in [2.24, 2.45) is 17.3 Å². The van der Waals surface area contributed by atoms with E-state index in [-0.39, 0.29) is 17.8 Å². The highest BCUT2D eigenvalue weighted by molar-refractivity contribution is 5.73. The Hall–Kier alpha value is -1.26. The number of carbonyl (C=O) groups excluding carboxylic acids is 1. The summed E-state index contributed by atoms with van der Waals surface area (Å²) in [6.45, 7) is 9.78. The van der Waals surface area contributed by atoms with Crippen LogP contribution in [0.15, 0.2) is 0 Å². The summed E-state index contributed by atoms with van der Waals surface area (Å²) in [5.41, 5.74) is -1.17. The Morgan fingerprint density at radius 2 is 1.95 bits per heavy atom. The summed E-state index contributed by atoms with van der Waals surface area (Å²) in [7, 11) is 0. The smallest absolute Gasteiger partial charge is 0.408 e. The number of nitrogens with one attached hydrogen (secondary N) is 1. The first kappa shape index (κ1) is 16.1. The van der Waals surface area contributed by atoms with E-state index in [1.807, 2.05) is 0 Å². The molecule has 3 fully saturated rings. The van der Waals surface area contributed by atoms with Gasteiger partial charge in [0.05, 0.1) is 12.0 Å². The van der Waals surface area contributed by atoms with Gasteiger partial charge in [-0.05, 0) is 57.3 Å². The second-order valence-electron chi connectivity index (χ2n) is 8.20. The van der Waals surface area contributed by atoms with Crippen LogP contribution >= 0.6 is 0 Å². The van der Waals surface area contributed by atoms with Crippen molar-refractivity contribution in [3.8, 4) is 0 Å². The maximum Gasteiger partial charge on any atom is 0.408 e. The summed E-state index contributed by atoms with van der Waals surface area (Å²) in [4.78, 5) is 23.5. The molecule has 120 valence electrons. The molecule has 2 N–H and O–H groups in total. The molecule has 21 heavy (non-hydrogen) atoms. The molecule has 0 spiro atoms. The third-order valence-electron chi connectivity index (χ3n) is 5.29. The van der Waals surface area contributed by atoms with Crippen LogP contribution in [-0.4, -0.2) is 28.3 Å². The molecule has 5 nitrogen and oxygen atoms in total. The van der Waals surface area contributed by atoms with Crippen LogP contribution in [0.4, 0.5) is 4.79 Å². The number of hydrogen-bond acceptors (Lipinski definition) is 3. The molecular formula is C16H27NO4. The van der Waals surface area contributed by atoms with Gasteiger partial charge >= 0.3 is 12.1 Å². The van der Waals surface area contributed by atoms with Crippen molar-refractivity contribution in [3.63, 3.8) is 0 Å². The molecule has 0 radical (unpaired) electrons. The standard InChI is InChI=1S/C16H27NO4/c1-14(2,3)21-13(20)17-16(9-12(18)19)7-6-10-8-11(16)15(10,4)5/h10-11H,6-9H2,1-5H3,(H,17,20)(H,18,19)/t10-,11+,16-/m0/s1. The predicted octanol–water partition coefficient (Wildman–Crippen LogP) is 3.18. The van der Waals surface area contributed by atoms with Crippen LogP contribution in [0.25, 0.3) is 0 Å². The first-order valence-electron chi connectivity index (χ1n) is 7.69. The summed E-state index contributed by atoms with van der Waals surface area (Å²) in [6.07, 6.45) is 2.14. The van der Waals surface area contributed by atoms with Gasteiger partial charge < -0.3 is 15.2 Å². The molecule has 3 aliphatic rings. The van der Waals surface area contributed by atoms with Gasteiger partial charge in [-0.2, -0.15) is 0 Å². The van der Waals surface area contributed by atoms with Crippen molar-refractivity contribution in [2.75, 3.05) is 0 Å². The van der Waals surface area contributed by atoms with E-state index in [4.69, 9.17) is 4.74 Å². The molecule has 2 bridgehead atoms. The lowest BCUT2D eigenvalue weighted by atomic mass is 9.42. The average molecular weight is 297 g/mol. The largest absolute Gasteiger partial charge is 0.481 e. The van der Waals surface area contributed by atoms with Crippen LogP contribution in [0.2, 0.25) is 0 Å². The first-order chi connectivity index (χ1) is 9.46. The third kappa shape index (κ3) is 3.01. The lowest BCUT2D eigenvalue weighted by Crippen LogP contribution is -2.68. The monoisotopic (exact) mass is 297 g/mol. The van der Waals surface area contributed by atoms with Crippen LogP contribution in [0, 0.1) is 17.3 Å². The normalized spacial score (nSPS) is 33.8. The fourth-order valence-corrected chi connectivity index (χ4v) is 4.23. The number of carboxylic acid groups (broad SMARTS) is 1. The molecule has 5 heteroatoms. The molecule has 3 atom stereocenters. The number of amides is 1. The number of carbonyl (C=O) groups is 2. The van der Waals surface area contributed by atoms with Crippen LogP contribution in [0.5, 0.6) is 0 Å². The van der Waals surface area contributed by atoms with Gasteiger partial charge in [0.25, 0.3) is 0 Å². The summed E-state index contributed by atoms with van der Waals surface area (Å²) < 4.78 is 5.34. The van der Waals surface area contributed by atoms with Gasteiger partial charge in [0.2, 0.25) is 0 Å². The topological polar surface area (TPSA) is 75.6 Å². The molecule has 0 heterocycles. The second-order valence-corrected chi connectivity index (χ2v) is 8.20. The third-order valence-corrected chi connectivity index (χ3v) is 5.29. The lowest BCUT2D eigenvalue weighted by Gasteiger charge is -2.64. The highest BCUT2D eigenvalue weighted by Crippen LogP contribution is 2.63. The fraction of sp³-hybridized carbons (Fsp3) is 0.875. The maximum absolute atomic E-state index is 12.2. The summed E-state index contributed by atoms with van der Waals surface area (Å²) in [5, 5.41) is 12.2. The Bertz CT molecular complexity index is 450. The Labute approximate surface area is 126 Å². The molecule has 3 aliphatic carbocycles. The summed E-state index contributed by atoms with van der Waals surface area (Å²) >= 11 is 0. The minimum Gasteiger partial charge on any atom is -0.481 e. The minimum absolute atomic E-state index is 0.0347. The van der Waals surface area contributed by atoms with Gasteiger partial charge in [0, 0.05) is 0 Å². The first-order valence-corrected chi connectivity index (χ1v) is 7.69. The van der Waals surface area contributed by atoms with E-state index in [1.54, 1.807) is 20.8 Å². The van der Waals surface area contributed by atoms with Gasteiger partial charge in [0.15, 0.2) is 0 Å². The zero-order valence-corrected chi connectivity index (χ0v) is 13.7. The van der Waals surface area contributed by atoms with Crippen LogP contribution < -0.4 is 5.32 Å². The Morgan fingerprint density at radius 1 is 1.33 bits per heavy atom. The molecule has 1 amide bonds. The quantitative estimate of drug-likeness (QED) is 0.839. The summed E-state index contributed by atoms with van der Waals surface area (Å²) in [6, 6.07) is 0. The highest BCUT2D eigenvalue weighted by Gasteiger charge is 2.62. The Kier molecular flexibility index (Phi) is 3.75. The van der Waals surface area contributed by atoms with Gasteiger partial charge in [-0.3, -0.25) is 4.79 Å². The van der Waals surface area contributed by atoms with Gasteiger partial charge in [-0.25, -0.2) is 4.79 Å². The molecule has 0 aliphatic heterocycles. The van der Waals surface area contributed by atoms with E-state index < -0.39 is 23.2 Å². The number of carboxylic acids is 1. The Balaban J connectivity index is 2.18. The van der Waals surface area contributed by atoms with Crippen molar-refractivity contribution in [1.29, 1.82) is 0 Å². The van der Waals surface area contributed by atoms with Gasteiger partial charge in [-0.1, -0.05) is 13.8 Å². The zero-order chi connectivity index (χ0) is 16.1. The second kappa shape index (κ2) is 4.89. The average Bonchev–Trinajstić information content (AvgIpc) is 2.23. The van der Waals surface area contributed by atoms with E-state index >= 15 is 0 Å². The number of alkyl carbamates (subject to hydrolysis) is 1. The summed E-state index contributed by atoms with van der Waals surface area (Å²) in [5.74, 6) is -0.0237. The van der Waals surface area contributed by atoms with Crippen molar-refractivity contribution in [1.82, 2.24) is 5.32 Å². The van der Waals surface area contributed by atoms with E-state index in [9.17, 15) is 14.7 Å². The van der Waals surface area contributed by atoms with Crippen LogP contribution in [0.3, 0.4) is 0 Å². The lowest BCUT2D eigenvalue weighted by molar-refractivity contribution is -0.154. The number of fused-ring (bicyclic) bond motifs is 2. The van der Waals surface area contributed by atoms with Crippen molar-refractivity contribution in [2.45, 2.75) is 71.4 Å². The van der Waals surface area contributed by atoms with Crippen molar-refractivity contribution in [3.05, 3.63) is 0 Å². The Morgan fingerprint density at radius 3 is 2.38 bits per heavy atom. The molecular weight excluding hydrogens is 270 g/mol. The zero-order valence-electron chi connectivity index (χ0n) is 13.7. The van der Waals surface area contributed by atoms with E-state index in [2.05, 4.69) is 19.2 Å². The van der Waals surface area contributed by atoms with E-state index in [1.165, 1.54) is 0 Å². The maximum atomic E-state index is 12.2. The molecule has 0 aromatic heterocycles. The van der Waals surface area contributed by atoms with Gasteiger partial charge in [-0.15, -0.1) is 0 Å². The van der Waals surface area contributed by atoms with Gasteiger partial charge in [0.1, 0.15) is 5.60 Å². The SMILES string of the molecule is CC(C)(C)OC(=O)N[C@]1(CC(=O)O)CC[C@H]2C[C@@H]1C2(C)C. The number of rotatable bonds is 3. The molecule has 0 saturated heterocycles. The number of aliphatic carboxylic acids is 1. The molecule has 0 aromatic carbocycles. The minimum atomic E-state index is -0.868. The molecule has 0 aromatic rings. The highest BCUT2D eigenvalue weighted by atomic mass is 16.6. The molecule has 3 rings (SSSR count). The van der Waals surface area contributed by atoms with E-state index in [0.717, 1.165) is 19.3 Å². The molecule has 0 unspecified atom stereocenters. The van der Waals surface area contributed by atoms with Crippen molar-refractivity contribution >= 4 is 12.1 Å². The predicted molar refractivity (Wildman–Crippen MR) is 79.0 cm³/mol. The van der Waals surface area contributed by atoms with Crippen LogP contribution in [0.1, 0.15) is 60.3 Å². The molecule has 3 saturated carbocycles. The van der Waals surface area contributed by atoms with Crippen molar-refractivity contribution < 1.29 is 19.4 Å². The number of hydrogen-bond donors (Lipinski definition) is 2. The fourth-order valence-electron chi connectivity index (χ4n) is 4.23.